The van der Waals surface area contributed by atoms with E-state index in [0.717, 1.165) is 17.5 Å². The third kappa shape index (κ3) is 7.82. The van der Waals surface area contributed by atoms with Crippen molar-refractivity contribution in [1.29, 1.82) is 0 Å². The van der Waals surface area contributed by atoms with Crippen LogP contribution in [0.1, 0.15) is 50.2 Å². The highest BCUT2D eigenvalue weighted by Gasteiger charge is 2.68. The molecule has 48 heavy (non-hydrogen) atoms. The number of rotatable bonds is 13. The maximum absolute atomic E-state index is 14.5. The Labute approximate surface area is 286 Å². The first-order chi connectivity index (χ1) is 22.3. The Morgan fingerprint density at radius 1 is 0.896 bits per heavy atom. The van der Waals surface area contributed by atoms with E-state index >= 15 is 0 Å². The lowest BCUT2D eigenvalue weighted by Gasteiger charge is -2.63. The Balaban J connectivity index is 0.00000520. The molecule has 260 valence electrons. The molecule has 8 N–H and O–H groups in total. The average Bonchev–Trinajstić information content (AvgIpc) is 3.03. The smallest absolute Gasteiger partial charge is 0.312 e. The SMILES string of the molecule is COC(=O)C12CC3CC(CC(N)(C3)C1C(=O)[C@H](Cc1ccccc1)NC(=O)CNC(=O)[C@@H](C)NC(=O)[C@@H](N)Cc1ccc(O)cc1)C2.Cl. The zero-order valence-corrected chi connectivity index (χ0v) is 28.1. The number of ether oxygens (including phenoxy) is 1. The molecule has 0 radical (unpaired) electrons. The van der Waals surface area contributed by atoms with E-state index in [0.29, 0.717) is 25.7 Å². The molecule has 6 rings (SSSR count). The maximum Gasteiger partial charge on any atom is 0.312 e. The number of carbonyl (C=O) groups excluding carboxylic acids is 5. The quantitative estimate of drug-likeness (QED) is 0.168. The van der Waals surface area contributed by atoms with Crippen LogP contribution in [0, 0.1) is 23.2 Å². The minimum Gasteiger partial charge on any atom is -0.508 e. The number of Topliss-reactive ketones (excluding diaryl/α,β-unsaturated/α-hetero) is 1. The molecule has 4 saturated carbocycles. The van der Waals surface area contributed by atoms with Gasteiger partial charge in [-0.15, -0.1) is 12.4 Å². The van der Waals surface area contributed by atoms with E-state index in [2.05, 4.69) is 16.0 Å². The van der Waals surface area contributed by atoms with E-state index in [9.17, 15) is 29.1 Å². The number of halogens is 1. The number of benzene rings is 2. The molecule has 4 aliphatic rings. The second-order valence-electron chi connectivity index (χ2n) is 13.7. The number of hydrogen-bond donors (Lipinski definition) is 6. The predicted octanol–water partition coefficient (Wildman–Crippen LogP) is 1.30. The van der Waals surface area contributed by atoms with Crippen LogP contribution in [0.2, 0.25) is 0 Å². The molecule has 0 aliphatic heterocycles. The van der Waals surface area contributed by atoms with Gasteiger partial charge in [-0.05, 0) is 87.0 Å². The summed E-state index contributed by atoms with van der Waals surface area (Å²) in [5.74, 6) is -2.71. The highest BCUT2D eigenvalue weighted by Crippen LogP contribution is 2.64. The second-order valence-corrected chi connectivity index (χ2v) is 13.7. The van der Waals surface area contributed by atoms with Crippen LogP contribution in [0.15, 0.2) is 54.6 Å². The molecule has 2 aromatic carbocycles. The number of nitrogens with one attached hydrogen (secondary N) is 3. The Kier molecular flexibility index (Phi) is 11.5. The van der Waals surface area contributed by atoms with Gasteiger partial charge < -0.3 is 37.3 Å². The van der Waals surface area contributed by atoms with Gasteiger partial charge in [0.1, 0.15) is 11.8 Å². The summed E-state index contributed by atoms with van der Waals surface area (Å²) in [5, 5.41) is 17.3. The number of carbonyl (C=O) groups is 5. The normalized spacial score (nSPS) is 27.0. The number of esters is 1. The van der Waals surface area contributed by atoms with Gasteiger partial charge in [-0.25, -0.2) is 0 Å². The van der Waals surface area contributed by atoms with E-state index in [1.165, 1.54) is 26.2 Å². The van der Waals surface area contributed by atoms with Gasteiger partial charge in [0.2, 0.25) is 17.7 Å². The van der Waals surface area contributed by atoms with E-state index < -0.39 is 65.2 Å². The molecule has 0 heterocycles. The molecule has 0 aromatic heterocycles. The summed E-state index contributed by atoms with van der Waals surface area (Å²) >= 11 is 0. The first-order valence-electron chi connectivity index (χ1n) is 16.2. The Morgan fingerprint density at radius 2 is 1.50 bits per heavy atom. The number of ketones is 1. The molecule has 4 aliphatic carbocycles. The molecule has 0 spiro atoms. The summed E-state index contributed by atoms with van der Waals surface area (Å²) in [5.41, 5.74) is 12.7. The fraction of sp³-hybridized carbons (Fsp3) is 0.514. The summed E-state index contributed by atoms with van der Waals surface area (Å²) in [6.07, 6.45) is 3.73. The van der Waals surface area contributed by atoms with Crippen LogP contribution in [-0.2, 0) is 41.6 Å². The van der Waals surface area contributed by atoms with Crippen LogP contribution < -0.4 is 27.4 Å². The lowest BCUT2D eigenvalue weighted by Crippen LogP contribution is -2.72. The van der Waals surface area contributed by atoms with E-state index in [1.807, 2.05) is 30.3 Å². The van der Waals surface area contributed by atoms with Gasteiger partial charge in [0.05, 0.1) is 37.1 Å². The first-order valence-corrected chi connectivity index (χ1v) is 16.2. The monoisotopic (exact) mass is 683 g/mol. The van der Waals surface area contributed by atoms with Crippen molar-refractivity contribution in [3.05, 3.63) is 65.7 Å². The number of phenolic OH excluding ortho intramolecular Hbond substituents is 1. The van der Waals surface area contributed by atoms with Crippen molar-refractivity contribution in [1.82, 2.24) is 16.0 Å². The maximum atomic E-state index is 14.5. The summed E-state index contributed by atoms with van der Waals surface area (Å²) < 4.78 is 5.27. The van der Waals surface area contributed by atoms with Gasteiger partial charge in [0.25, 0.3) is 0 Å². The Morgan fingerprint density at radius 3 is 2.10 bits per heavy atom. The number of amides is 3. The zero-order valence-electron chi connectivity index (χ0n) is 27.3. The van der Waals surface area contributed by atoms with Crippen molar-refractivity contribution in [3.8, 4) is 5.75 Å². The van der Waals surface area contributed by atoms with Crippen molar-refractivity contribution in [3.63, 3.8) is 0 Å². The lowest BCUT2D eigenvalue weighted by atomic mass is 9.41. The van der Waals surface area contributed by atoms with Crippen LogP contribution >= 0.6 is 12.4 Å². The third-order valence-electron chi connectivity index (χ3n) is 10.2. The summed E-state index contributed by atoms with van der Waals surface area (Å²) in [4.78, 5) is 66.6. The van der Waals surface area contributed by atoms with Gasteiger partial charge in [-0.2, -0.15) is 0 Å². The first kappa shape index (κ1) is 36.8. The molecule has 2 aromatic rings. The van der Waals surface area contributed by atoms with Gasteiger partial charge in [0, 0.05) is 5.54 Å². The van der Waals surface area contributed by atoms with Crippen LogP contribution in [-0.4, -0.2) is 71.9 Å². The standard InChI is InChI=1S/C35H45N5O7.ClH/c1-20(39-32(45)26(36)13-22-8-10-25(41)11-9-22)31(44)38-19-28(42)40-27(14-21-6-4-3-5-7-21)29(43)30-34(33(46)47-2)15-23-12-24(16-34)18-35(30,37)17-23;/h3-11,20,23-24,26-27,30,41H,12-19,36-37H2,1-2H3,(H,38,44)(H,39,45)(H,40,42);1H/t20-,23?,24?,26+,27+,30?,34?,35?;/m1./s1. The lowest BCUT2D eigenvalue weighted by molar-refractivity contribution is -0.188. The number of methoxy groups -OCH3 is 1. The molecular weight excluding hydrogens is 638 g/mol. The number of aromatic hydroxyl groups is 1. The van der Waals surface area contributed by atoms with E-state index in [1.54, 1.807) is 12.1 Å². The minimum atomic E-state index is -1.03. The molecule has 0 saturated heterocycles. The fourth-order valence-corrected chi connectivity index (χ4v) is 8.49. The minimum absolute atomic E-state index is 0. The zero-order chi connectivity index (χ0) is 33.9. The van der Waals surface area contributed by atoms with Crippen molar-refractivity contribution in [2.24, 2.45) is 34.6 Å². The average molecular weight is 684 g/mol. The van der Waals surface area contributed by atoms with E-state index in [4.69, 9.17) is 16.2 Å². The molecule has 13 heteroatoms. The van der Waals surface area contributed by atoms with Gasteiger partial charge in [-0.1, -0.05) is 42.5 Å². The topological polar surface area (TPSA) is 203 Å². The number of hydrogen-bond acceptors (Lipinski definition) is 9. The van der Waals surface area contributed by atoms with Crippen LogP contribution in [0.4, 0.5) is 0 Å². The summed E-state index contributed by atoms with van der Waals surface area (Å²) in [6, 6.07) is 12.6. The third-order valence-corrected chi connectivity index (χ3v) is 10.2. The largest absolute Gasteiger partial charge is 0.508 e. The summed E-state index contributed by atoms with van der Waals surface area (Å²) in [6.45, 7) is 1.03. The Hall–Kier alpha value is -4.00. The van der Waals surface area contributed by atoms with Gasteiger partial charge in [-0.3, -0.25) is 24.0 Å². The summed E-state index contributed by atoms with van der Waals surface area (Å²) in [7, 11) is 1.34. The van der Waals surface area contributed by atoms with Crippen LogP contribution in [0.5, 0.6) is 5.75 Å². The molecule has 6 atom stereocenters. The van der Waals surface area contributed by atoms with Crippen molar-refractivity contribution in [2.75, 3.05) is 13.7 Å². The molecule has 4 fully saturated rings. The fourth-order valence-electron chi connectivity index (χ4n) is 8.49. The molecule has 12 nitrogen and oxygen atoms in total. The van der Waals surface area contributed by atoms with Gasteiger partial charge in [0.15, 0.2) is 5.78 Å². The van der Waals surface area contributed by atoms with Crippen LogP contribution in [0.25, 0.3) is 0 Å². The highest BCUT2D eigenvalue weighted by molar-refractivity contribution is 5.97. The molecular formula is C35H46ClN5O7. The van der Waals surface area contributed by atoms with Crippen molar-refractivity contribution >= 4 is 41.9 Å². The van der Waals surface area contributed by atoms with Crippen molar-refractivity contribution in [2.45, 2.75) is 75.5 Å². The second kappa shape index (κ2) is 15.0. The molecule has 3 amide bonds. The van der Waals surface area contributed by atoms with E-state index in [-0.39, 0.29) is 48.6 Å². The number of nitrogens with two attached hydrogens (primary N) is 2. The van der Waals surface area contributed by atoms with Gasteiger partial charge >= 0.3 is 5.97 Å². The highest BCUT2D eigenvalue weighted by atomic mass is 35.5. The number of phenols is 1. The van der Waals surface area contributed by atoms with Crippen LogP contribution in [0.3, 0.4) is 0 Å². The van der Waals surface area contributed by atoms with Crippen molar-refractivity contribution < 1.29 is 33.8 Å². The predicted molar refractivity (Wildman–Crippen MR) is 180 cm³/mol. The molecule has 3 unspecified atom stereocenters. The Bertz CT molecular complexity index is 1490. The molecule has 4 bridgehead atoms.